The van der Waals surface area contributed by atoms with Crippen LogP contribution in [0.3, 0.4) is 0 Å². The highest BCUT2D eigenvalue weighted by atomic mass is 127. The Kier molecular flexibility index (Phi) is 4.16. The number of carbonyl (C=O) groups excluding carboxylic acids is 1. The van der Waals surface area contributed by atoms with E-state index >= 15 is 0 Å². The van der Waals surface area contributed by atoms with E-state index in [-0.39, 0.29) is 3.79 Å². The van der Waals surface area contributed by atoms with Crippen LogP contribution in [0.15, 0.2) is 48.5 Å². The largest absolute Gasteiger partial charge is 0.489 e. The maximum absolute atomic E-state index is 11.3. The van der Waals surface area contributed by atoms with Gasteiger partial charge in [0.2, 0.25) is 3.79 Å². The zero-order valence-corrected chi connectivity index (χ0v) is 11.5. The predicted molar refractivity (Wildman–Crippen MR) is 80.1 cm³/mol. The van der Waals surface area contributed by atoms with Gasteiger partial charge in [-0.05, 0) is 22.7 Å². The number of benzene rings is 2. The molecule has 90 valence electrons. The van der Waals surface area contributed by atoms with Crippen LogP contribution in [0.25, 0.3) is 11.1 Å². The Morgan fingerprint density at radius 1 is 1.06 bits per heavy atom. The van der Waals surface area contributed by atoms with Crippen LogP contribution in [0.4, 0.5) is 0 Å². The van der Waals surface area contributed by atoms with Crippen LogP contribution in [-0.4, -0.2) is 21.0 Å². The van der Waals surface area contributed by atoms with E-state index in [4.69, 9.17) is 0 Å². The third kappa shape index (κ3) is 2.80. The predicted octanol–water partition coefficient (Wildman–Crippen LogP) is 1.61. The first kappa shape index (κ1) is 13.3. The Labute approximate surface area is 119 Å². The zero-order valence-electron chi connectivity index (χ0n) is 9.38. The normalized spacial score (nSPS) is 10.2. The maximum atomic E-state index is 11.3. The second kappa shape index (κ2) is 5.64. The molecule has 0 unspecified atom stereocenters. The molecule has 18 heavy (non-hydrogen) atoms. The fourth-order valence-corrected chi connectivity index (χ4v) is 2.13. The lowest BCUT2D eigenvalue weighted by Crippen LogP contribution is -2.31. The highest BCUT2D eigenvalue weighted by Gasteiger charge is 2.16. The summed E-state index contributed by atoms with van der Waals surface area (Å²) in [5.74, 6) is 0. The van der Waals surface area contributed by atoms with Crippen molar-refractivity contribution in [3.05, 3.63) is 54.1 Å². The first-order chi connectivity index (χ1) is 8.59. The summed E-state index contributed by atoms with van der Waals surface area (Å²) in [6.45, 7) is 0. The summed E-state index contributed by atoms with van der Waals surface area (Å²) in [5, 5.41) is 18.7. The first-order valence-corrected chi connectivity index (χ1v) is 6.43. The lowest BCUT2D eigenvalue weighted by atomic mass is 9.75. The van der Waals surface area contributed by atoms with Crippen LogP contribution < -0.4 is 5.46 Å². The minimum Gasteiger partial charge on any atom is -0.423 e. The Balaban J connectivity index is 2.55. The van der Waals surface area contributed by atoms with E-state index < -0.39 is 7.12 Å². The average molecular weight is 352 g/mol. The SMILES string of the molecule is O=C(I)c1cccc(-c2ccccc2B(O)O)c1. The van der Waals surface area contributed by atoms with E-state index in [1.807, 2.05) is 12.1 Å². The van der Waals surface area contributed by atoms with Gasteiger partial charge in [0.1, 0.15) is 0 Å². The minimum absolute atomic E-state index is 0.0449. The van der Waals surface area contributed by atoms with Crippen LogP contribution in [0.1, 0.15) is 10.4 Å². The van der Waals surface area contributed by atoms with Crippen molar-refractivity contribution in [2.75, 3.05) is 0 Å². The van der Waals surface area contributed by atoms with Crippen molar-refractivity contribution in [1.82, 2.24) is 0 Å². The average Bonchev–Trinajstić information content (AvgIpc) is 2.39. The molecule has 0 fully saturated rings. The van der Waals surface area contributed by atoms with Crippen molar-refractivity contribution in [3.8, 4) is 11.1 Å². The summed E-state index contributed by atoms with van der Waals surface area (Å²) in [5.41, 5.74) is 2.53. The fraction of sp³-hybridized carbons (Fsp3) is 0. The zero-order chi connectivity index (χ0) is 13.1. The molecule has 0 spiro atoms. The highest BCUT2D eigenvalue weighted by Crippen LogP contribution is 2.20. The number of hydrogen-bond acceptors (Lipinski definition) is 3. The molecule has 0 aliphatic carbocycles. The van der Waals surface area contributed by atoms with Gasteiger partial charge in [0.15, 0.2) is 0 Å². The minimum atomic E-state index is -1.53. The van der Waals surface area contributed by atoms with Gasteiger partial charge in [-0.3, -0.25) is 4.79 Å². The lowest BCUT2D eigenvalue weighted by Gasteiger charge is -2.09. The van der Waals surface area contributed by atoms with Crippen LogP contribution in [0, 0.1) is 0 Å². The molecule has 2 rings (SSSR count). The molecule has 0 amide bonds. The molecule has 2 aromatic carbocycles. The molecule has 0 radical (unpaired) electrons. The highest BCUT2D eigenvalue weighted by molar-refractivity contribution is 14.1. The van der Waals surface area contributed by atoms with Crippen molar-refractivity contribution in [3.63, 3.8) is 0 Å². The van der Waals surface area contributed by atoms with Crippen molar-refractivity contribution in [2.45, 2.75) is 0 Å². The molecule has 3 nitrogen and oxygen atoms in total. The van der Waals surface area contributed by atoms with Crippen molar-refractivity contribution in [2.24, 2.45) is 0 Å². The lowest BCUT2D eigenvalue weighted by molar-refractivity contribution is 0.110. The number of rotatable bonds is 3. The van der Waals surface area contributed by atoms with Gasteiger partial charge in [0.25, 0.3) is 0 Å². The third-order valence-electron chi connectivity index (χ3n) is 2.64. The van der Waals surface area contributed by atoms with Crippen molar-refractivity contribution in [1.29, 1.82) is 0 Å². The summed E-state index contributed by atoms with van der Waals surface area (Å²) >= 11 is 1.73. The molecule has 0 atom stereocenters. The molecular weight excluding hydrogens is 342 g/mol. The van der Waals surface area contributed by atoms with Gasteiger partial charge < -0.3 is 10.0 Å². The fourth-order valence-electron chi connectivity index (χ4n) is 1.79. The van der Waals surface area contributed by atoms with Crippen LogP contribution in [0.2, 0.25) is 0 Å². The Bertz CT molecular complexity index is 584. The third-order valence-corrected chi connectivity index (χ3v) is 3.26. The Morgan fingerprint density at radius 2 is 1.78 bits per heavy atom. The standard InChI is InChI=1S/C13H10BIO3/c15-13(16)10-5-3-4-9(8-10)11-6-1-2-7-12(11)14(17)18/h1-8,17-18H. The number of hydrogen-bond donors (Lipinski definition) is 2. The summed E-state index contributed by atoms with van der Waals surface area (Å²) in [4.78, 5) is 11.3. The van der Waals surface area contributed by atoms with Gasteiger partial charge in [-0.15, -0.1) is 0 Å². The van der Waals surface area contributed by atoms with E-state index in [2.05, 4.69) is 0 Å². The van der Waals surface area contributed by atoms with Gasteiger partial charge >= 0.3 is 7.12 Å². The van der Waals surface area contributed by atoms with Crippen LogP contribution in [-0.2, 0) is 0 Å². The summed E-state index contributed by atoms with van der Waals surface area (Å²) in [6.07, 6.45) is 0. The first-order valence-electron chi connectivity index (χ1n) is 5.35. The van der Waals surface area contributed by atoms with Crippen molar-refractivity contribution >= 4 is 39.0 Å². The van der Waals surface area contributed by atoms with Crippen LogP contribution >= 0.6 is 22.6 Å². The molecule has 0 saturated carbocycles. The molecule has 0 aliphatic heterocycles. The maximum Gasteiger partial charge on any atom is 0.489 e. The van der Waals surface area contributed by atoms with Gasteiger partial charge in [-0.1, -0.05) is 42.5 Å². The van der Waals surface area contributed by atoms with E-state index in [1.165, 1.54) is 0 Å². The van der Waals surface area contributed by atoms with Gasteiger partial charge in [-0.25, -0.2) is 0 Å². The molecule has 0 aliphatic rings. The molecule has 0 heterocycles. The van der Waals surface area contributed by atoms with E-state index in [0.29, 0.717) is 16.6 Å². The van der Waals surface area contributed by atoms with Crippen molar-refractivity contribution < 1.29 is 14.8 Å². The van der Waals surface area contributed by atoms with E-state index in [9.17, 15) is 14.8 Å². The topological polar surface area (TPSA) is 57.5 Å². The molecule has 0 aromatic heterocycles. The quantitative estimate of drug-likeness (QED) is 0.502. The smallest absolute Gasteiger partial charge is 0.423 e. The number of carbonyl (C=O) groups is 1. The van der Waals surface area contributed by atoms with Gasteiger partial charge in [0.05, 0.1) is 0 Å². The van der Waals surface area contributed by atoms with E-state index in [1.54, 1.807) is 59.0 Å². The molecule has 5 heteroatoms. The second-order valence-electron chi connectivity index (χ2n) is 3.82. The van der Waals surface area contributed by atoms with Crippen LogP contribution in [0.5, 0.6) is 0 Å². The summed E-state index contributed by atoms with van der Waals surface area (Å²) < 4.78 is -0.0449. The second-order valence-corrected chi connectivity index (χ2v) is 4.80. The molecule has 0 bridgehead atoms. The molecule has 2 N–H and O–H groups in total. The molecule has 2 aromatic rings. The number of halogens is 1. The molecule has 0 saturated heterocycles. The summed E-state index contributed by atoms with van der Waals surface area (Å²) in [6, 6.07) is 14.1. The van der Waals surface area contributed by atoms with E-state index in [0.717, 1.165) is 5.56 Å². The van der Waals surface area contributed by atoms with Gasteiger partial charge in [0, 0.05) is 28.2 Å². The monoisotopic (exact) mass is 352 g/mol. The van der Waals surface area contributed by atoms with Gasteiger partial charge in [-0.2, -0.15) is 0 Å². The Morgan fingerprint density at radius 3 is 2.44 bits per heavy atom. The molecular formula is C13H10BIO3. The Hall–Kier alpha value is -1.18. The summed E-state index contributed by atoms with van der Waals surface area (Å²) in [7, 11) is -1.53.